The Morgan fingerprint density at radius 3 is 2.47 bits per heavy atom. The molecule has 0 spiro atoms. The summed E-state index contributed by atoms with van der Waals surface area (Å²) in [5, 5.41) is 3.21. The van der Waals surface area contributed by atoms with Gasteiger partial charge in [-0.25, -0.2) is 0 Å². The van der Waals surface area contributed by atoms with Crippen molar-refractivity contribution in [1.82, 2.24) is 0 Å². The van der Waals surface area contributed by atoms with Gasteiger partial charge in [0.15, 0.2) is 0 Å². The molecule has 0 fully saturated rings. The second-order valence-corrected chi connectivity index (χ2v) is 3.34. The van der Waals surface area contributed by atoms with Crippen molar-refractivity contribution in [2.75, 3.05) is 11.1 Å². The third-order valence-electron chi connectivity index (χ3n) is 2.13. The average Bonchev–Trinajstić information content (AvgIpc) is 2.25. The Morgan fingerprint density at radius 1 is 1.00 bits per heavy atom. The highest BCUT2D eigenvalue weighted by Gasteiger charge is 1.98. The maximum Gasteiger partial charge on any atom is 0.113 e. The number of rotatable bonds is 2. The second-order valence-electron chi connectivity index (χ2n) is 3.34. The van der Waals surface area contributed by atoms with E-state index in [1.54, 1.807) is 12.1 Å². The molecule has 0 aromatic heterocycles. The van der Waals surface area contributed by atoms with Crippen LogP contribution in [0.25, 0.3) is 0 Å². The van der Waals surface area contributed by atoms with Gasteiger partial charge >= 0.3 is 0 Å². The van der Waals surface area contributed by atoms with Crippen molar-refractivity contribution >= 4 is 30.4 Å². The molecule has 0 aliphatic heterocycles. The van der Waals surface area contributed by atoms with E-state index in [0.717, 1.165) is 11.4 Å². The Kier molecular flexibility index (Phi) is 2.63. The zero-order chi connectivity index (χ0) is 10.7. The molecule has 0 aliphatic rings. The maximum atomic E-state index is 5.82. The molecule has 0 bridgehead atoms. The van der Waals surface area contributed by atoms with E-state index in [2.05, 4.69) is 5.32 Å². The lowest BCUT2D eigenvalue weighted by molar-refractivity contribution is 1.56. The summed E-state index contributed by atoms with van der Waals surface area (Å²) in [5.41, 5.74) is 9.03. The van der Waals surface area contributed by atoms with Crippen molar-refractivity contribution in [3.05, 3.63) is 48.5 Å². The zero-order valence-electron chi connectivity index (χ0n) is 8.27. The first-order valence-corrected chi connectivity index (χ1v) is 4.73. The molecule has 2 aromatic carbocycles. The van der Waals surface area contributed by atoms with Gasteiger partial charge in [0.2, 0.25) is 0 Å². The molecule has 0 aliphatic carbocycles. The zero-order valence-corrected chi connectivity index (χ0v) is 8.27. The van der Waals surface area contributed by atoms with Crippen molar-refractivity contribution < 1.29 is 0 Å². The van der Waals surface area contributed by atoms with Gasteiger partial charge in [0.25, 0.3) is 0 Å². The molecular formula is C12H11BN2. The van der Waals surface area contributed by atoms with Crippen LogP contribution in [0.3, 0.4) is 0 Å². The van der Waals surface area contributed by atoms with Crippen LogP contribution in [0.15, 0.2) is 48.5 Å². The summed E-state index contributed by atoms with van der Waals surface area (Å²) in [6.07, 6.45) is 0. The van der Waals surface area contributed by atoms with E-state index in [1.807, 2.05) is 36.4 Å². The monoisotopic (exact) mass is 194 g/mol. The maximum absolute atomic E-state index is 5.82. The van der Waals surface area contributed by atoms with Gasteiger partial charge in [0.05, 0.1) is 11.4 Å². The number of benzene rings is 2. The average molecular weight is 194 g/mol. The van der Waals surface area contributed by atoms with Crippen LogP contribution in [-0.4, -0.2) is 7.85 Å². The van der Waals surface area contributed by atoms with Crippen molar-refractivity contribution in [1.29, 1.82) is 0 Å². The van der Waals surface area contributed by atoms with E-state index in [9.17, 15) is 0 Å². The summed E-state index contributed by atoms with van der Waals surface area (Å²) in [6.45, 7) is 0. The van der Waals surface area contributed by atoms with Crippen LogP contribution < -0.4 is 16.5 Å². The van der Waals surface area contributed by atoms with Crippen LogP contribution in [0.1, 0.15) is 0 Å². The minimum atomic E-state index is 0.688. The van der Waals surface area contributed by atoms with Gasteiger partial charge in [-0.05, 0) is 24.3 Å². The Labute approximate surface area is 90.5 Å². The Balaban J connectivity index is 2.28. The molecular weight excluding hydrogens is 183 g/mol. The largest absolute Gasteiger partial charge is 0.397 e. The third kappa shape index (κ3) is 2.32. The van der Waals surface area contributed by atoms with Crippen molar-refractivity contribution in [2.24, 2.45) is 0 Å². The fourth-order valence-electron chi connectivity index (χ4n) is 1.36. The van der Waals surface area contributed by atoms with E-state index in [1.165, 1.54) is 0 Å². The molecule has 2 rings (SSSR count). The molecule has 3 N–H and O–H groups in total. The van der Waals surface area contributed by atoms with Crippen LogP contribution in [0.2, 0.25) is 0 Å². The van der Waals surface area contributed by atoms with Crippen LogP contribution in [0.5, 0.6) is 0 Å². The lowest BCUT2D eigenvalue weighted by Crippen LogP contribution is -2.05. The summed E-state index contributed by atoms with van der Waals surface area (Å²) in [4.78, 5) is 0. The predicted octanol–water partition coefficient (Wildman–Crippen LogP) is 1.81. The van der Waals surface area contributed by atoms with Gasteiger partial charge in [-0.15, -0.1) is 0 Å². The molecule has 2 radical (unpaired) electrons. The molecule has 2 aromatic rings. The molecule has 0 heterocycles. The Morgan fingerprint density at radius 2 is 1.73 bits per heavy atom. The molecule has 3 heteroatoms. The lowest BCUT2D eigenvalue weighted by Gasteiger charge is -2.09. The highest BCUT2D eigenvalue weighted by atomic mass is 14.9. The van der Waals surface area contributed by atoms with Crippen LogP contribution >= 0.6 is 0 Å². The highest BCUT2D eigenvalue weighted by Crippen LogP contribution is 2.20. The Bertz CT molecular complexity index is 454. The lowest BCUT2D eigenvalue weighted by atomic mass is 9.95. The fraction of sp³-hybridized carbons (Fsp3) is 0. The number of hydrogen-bond acceptors (Lipinski definition) is 2. The first-order chi connectivity index (χ1) is 7.25. The van der Waals surface area contributed by atoms with Crippen molar-refractivity contribution in [2.45, 2.75) is 0 Å². The molecule has 72 valence electrons. The third-order valence-corrected chi connectivity index (χ3v) is 2.13. The van der Waals surface area contributed by atoms with E-state index < -0.39 is 0 Å². The number of anilines is 3. The van der Waals surface area contributed by atoms with Crippen LogP contribution in [-0.2, 0) is 0 Å². The topological polar surface area (TPSA) is 38.0 Å². The Hall–Kier alpha value is -1.90. The first kappa shape index (κ1) is 9.65. The molecule has 15 heavy (non-hydrogen) atoms. The van der Waals surface area contributed by atoms with E-state index in [0.29, 0.717) is 11.2 Å². The number of nitrogens with two attached hydrogens (primary N) is 1. The molecule has 0 unspecified atom stereocenters. The summed E-state index contributed by atoms with van der Waals surface area (Å²) in [5.74, 6) is 0. The first-order valence-electron chi connectivity index (χ1n) is 4.73. The van der Waals surface area contributed by atoms with Crippen molar-refractivity contribution in [3.63, 3.8) is 0 Å². The number of nitrogens with one attached hydrogen (secondary N) is 1. The van der Waals surface area contributed by atoms with Crippen LogP contribution in [0.4, 0.5) is 17.1 Å². The summed E-state index contributed by atoms with van der Waals surface area (Å²) < 4.78 is 0. The molecule has 0 saturated heterocycles. The number of para-hydroxylation sites is 1. The SMILES string of the molecule is [B]c1ccc(N)c(Nc2ccccc2)c1. The molecule has 0 saturated carbocycles. The normalized spacial score (nSPS) is 9.87. The van der Waals surface area contributed by atoms with Gasteiger partial charge in [0.1, 0.15) is 7.85 Å². The number of hydrogen-bond donors (Lipinski definition) is 2. The van der Waals surface area contributed by atoms with Gasteiger partial charge in [-0.1, -0.05) is 29.7 Å². The fourth-order valence-corrected chi connectivity index (χ4v) is 1.36. The van der Waals surface area contributed by atoms with Crippen LogP contribution in [0, 0.1) is 0 Å². The van der Waals surface area contributed by atoms with Gasteiger partial charge in [-0.3, -0.25) is 0 Å². The smallest absolute Gasteiger partial charge is 0.113 e. The predicted molar refractivity (Wildman–Crippen MR) is 66.0 cm³/mol. The van der Waals surface area contributed by atoms with Gasteiger partial charge < -0.3 is 11.1 Å². The molecule has 2 nitrogen and oxygen atoms in total. The van der Waals surface area contributed by atoms with E-state index in [-0.39, 0.29) is 0 Å². The van der Waals surface area contributed by atoms with Gasteiger partial charge in [0, 0.05) is 5.69 Å². The standard InChI is InChI=1S/C12H11BN2/c13-9-6-7-11(14)12(8-9)15-10-4-2-1-3-5-10/h1-8,15H,14H2. The van der Waals surface area contributed by atoms with E-state index in [4.69, 9.17) is 13.6 Å². The number of nitrogen functional groups attached to an aromatic ring is 1. The van der Waals surface area contributed by atoms with Crippen molar-refractivity contribution in [3.8, 4) is 0 Å². The van der Waals surface area contributed by atoms with Gasteiger partial charge in [-0.2, -0.15) is 0 Å². The second kappa shape index (κ2) is 4.09. The minimum Gasteiger partial charge on any atom is -0.397 e. The summed E-state index contributed by atoms with van der Waals surface area (Å²) in [6, 6.07) is 15.2. The molecule has 0 amide bonds. The summed E-state index contributed by atoms with van der Waals surface area (Å²) >= 11 is 0. The molecule has 0 atom stereocenters. The van der Waals surface area contributed by atoms with E-state index >= 15 is 0 Å². The quantitative estimate of drug-likeness (QED) is 0.565. The minimum absolute atomic E-state index is 0.688. The summed E-state index contributed by atoms with van der Waals surface area (Å²) in [7, 11) is 5.69. The highest BCUT2D eigenvalue weighted by molar-refractivity contribution is 6.32.